The lowest BCUT2D eigenvalue weighted by Gasteiger charge is -2.32. The van der Waals surface area contributed by atoms with Crippen LogP contribution in [0.4, 0.5) is 0 Å². The monoisotopic (exact) mass is 477 g/mol. The summed E-state index contributed by atoms with van der Waals surface area (Å²) in [5.74, 6) is -0.225. The van der Waals surface area contributed by atoms with Gasteiger partial charge in [-0.2, -0.15) is 4.31 Å². The molecule has 1 aliphatic heterocycles. The summed E-state index contributed by atoms with van der Waals surface area (Å²) in [5, 5.41) is 3.83. The Labute approximate surface area is 196 Å². The van der Waals surface area contributed by atoms with Gasteiger partial charge < -0.3 is 5.32 Å². The fourth-order valence-corrected chi connectivity index (χ4v) is 5.91. The molecule has 0 unspecified atom stereocenters. The van der Waals surface area contributed by atoms with Crippen LogP contribution in [0.2, 0.25) is 5.02 Å². The molecule has 2 aromatic rings. The Morgan fingerprint density at radius 1 is 1.09 bits per heavy atom. The zero-order valence-electron chi connectivity index (χ0n) is 19.0. The molecule has 0 aliphatic carbocycles. The summed E-state index contributed by atoms with van der Waals surface area (Å²) >= 11 is 5.96. The van der Waals surface area contributed by atoms with Gasteiger partial charge in [-0.3, -0.25) is 9.69 Å². The predicted octanol–water partition coefficient (Wildman–Crippen LogP) is 4.07. The molecule has 174 valence electrons. The third-order valence-corrected chi connectivity index (χ3v) is 8.46. The van der Waals surface area contributed by atoms with E-state index in [0.717, 1.165) is 37.5 Å². The maximum absolute atomic E-state index is 13.0. The van der Waals surface area contributed by atoms with Crippen molar-refractivity contribution in [3.63, 3.8) is 0 Å². The number of hydrogen-bond donors (Lipinski definition) is 1. The summed E-state index contributed by atoms with van der Waals surface area (Å²) in [6.07, 6.45) is 1.71. The second-order valence-corrected chi connectivity index (χ2v) is 10.6. The molecule has 0 spiro atoms. The van der Waals surface area contributed by atoms with Crippen LogP contribution >= 0.6 is 11.6 Å². The van der Waals surface area contributed by atoms with E-state index in [4.69, 9.17) is 11.6 Å². The van der Waals surface area contributed by atoms with E-state index in [0.29, 0.717) is 24.2 Å². The lowest BCUT2D eigenvalue weighted by Crippen LogP contribution is -2.44. The number of benzene rings is 2. The van der Waals surface area contributed by atoms with E-state index in [9.17, 15) is 13.2 Å². The van der Waals surface area contributed by atoms with Gasteiger partial charge in [0.1, 0.15) is 0 Å². The first-order valence-corrected chi connectivity index (χ1v) is 12.9. The van der Waals surface area contributed by atoms with Gasteiger partial charge in [-0.05, 0) is 55.2 Å². The van der Waals surface area contributed by atoms with Crippen molar-refractivity contribution in [3.05, 3.63) is 64.2 Å². The Balaban J connectivity index is 1.61. The zero-order valence-corrected chi connectivity index (χ0v) is 20.5. The molecule has 1 fully saturated rings. The SMILES string of the molecule is CCN(CC)S(=O)(=O)c1cc(C(=O)NC2CCN(Cc3ccc(Cl)cc3)CC2)ccc1C. The van der Waals surface area contributed by atoms with Crippen molar-refractivity contribution in [1.82, 2.24) is 14.5 Å². The minimum atomic E-state index is -3.62. The molecule has 1 aliphatic rings. The molecule has 2 aromatic carbocycles. The number of likely N-dealkylation sites (tertiary alicyclic amines) is 1. The summed E-state index contributed by atoms with van der Waals surface area (Å²) < 4.78 is 27.3. The lowest BCUT2D eigenvalue weighted by molar-refractivity contribution is 0.0908. The number of nitrogens with one attached hydrogen (secondary N) is 1. The van der Waals surface area contributed by atoms with E-state index in [-0.39, 0.29) is 16.8 Å². The average molecular weight is 478 g/mol. The van der Waals surface area contributed by atoms with Crippen molar-refractivity contribution in [2.45, 2.75) is 51.1 Å². The first kappa shape index (κ1) is 24.7. The zero-order chi connectivity index (χ0) is 23.3. The molecular weight excluding hydrogens is 446 g/mol. The Morgan fingerprint density at radius 2 is 1.72 bits per heavy atom. The summed E-state index contributed by atoms with van der Waals surface area (Å²) in [6.45, 7) is 8.81. The van der Waals surface area contributed by atoms with E-state index in [1.54, 1.807) is 19.1 Å². The first-order valence-electron chi connectivity index (χ1n) is 11.1. The van der Waals surface area contributed by atoms with Gasteiger partial charge >= 0.3 is 0 Å². The average Bonchev–Trinajstić information content (AvgIpc) is 2.77. The van der Waals surface area contributed by atoms with Gasteiger partial charge in [-0.25, -0.2) is 8.42 Å². The number of piperidine rings is 1. The summed E-state index contributed by atoms with van der Waals surface area (Å²) in [5.41, 5.74) is 2.24. The molecule has 0 bridgehead atoms. The number of amides is 1. The Kier molecular flexibility index (Phi) is 8.33. The lowest BCUT2D eigenvalue weighted by atomic mass is 10.0. The first-order chi connectivity index (χ1) is 15.2. The molecular formula is C24H32ClN3O3S. The number of hydrogen-bond acceptors (Lipinski definition) is 4. The van der Waals surface area contributed by atoms with Crippen molar-refractivity contribution in [3.8, 4) is 0 Å². The van der Waals surface area contributed by atoms with Crippen molar-refractivity contribution < 1.29 is 13.2 Å². The van der Waals surface area contributed by atoms with Gasteiger partial charge in [0, 0.05) is 49.4 Å². The van der Waals surface area contributed by atoms with E-state index in [2.05, 4.69) is 10.2 Å². The largest absolute Gasteiger partial charge is 0.349 e. The van der Waals surface area contributed by atoms with E-state index in [1.807, 2.05) is 38.1 Å². The van der Waals surface area contributed by atoms with Crippen LogP contribution in [0.5, 0.6) is 0 Å². The van der Waals surface area contributed by atoms with Crippen LogP contribution < -0.4 is 5.32 Å². The Hall–Kier alpha value is -1.93. The van der Waals surface area contributed by atoms with Crippen LogP contribution in [0, 0.1) is 6.92 Å². The number of carbonyl (C=O) groups is 1. The smallest absolute Gasteiger partial charge is 0.251 e. The Bertz CT molecular complexity index is 1030. The fraction of sp³-hybridized carbons (Fsp3) is 0.458. The molecule has 1 heterocycles. The van der Waals surface area contributed by atoms with Crippen LogP contribution in [0.1, 0.15) is 48.2 Å². The second kappa shape index (κ2) is 10.8. The normalized spacial score (nSPS) is 15.8. The minimum absolute atomic E-state index is 0.0770. The number of halogens is 1. The van der Waals surface area contributed by atoms with Crippen molar-refractivity contribution in [2.75, 3.05) is 26.2 Å². The quantitative estimate of drug-likeness (QED) is 0.622. The third-order valence-electron chi connectivity index (χ3n) is 6.02. The molecule has 1 saturated heterocycles. The van der Waals surface area contributed by atoms with Crippen LogP contribution in [-0.4, -0.2) is 55.8 Å². The van der Waals surface area contributed by atoms with E-state index in [1.165, 1.54) is 15.9 Å². The van der Waals surface area contributed by atoms with E-state index >= 15 is 0 Å². The van der Waals surface area contributed by atoms with Gasteiger partial charge in [0.2, 0.25) is 10.0 Å². The predicted molar refractivity (Wildman–Crippen MR) is 129 cm³/mol. The van der Waals surface area contributed by atoms with Gasteiger partial charge in [0.15, 0.2) is 0 Å². The van der Waals surface area contributed by atoms with Gasteiger partial charge in [0.25, 0.3) is 5.91 Å². The number of nitrogens with zero attached hydrogens (tertiary/aromatic N) is 2. The molecule has 0 aromatic heterocycles. The van der Waals surface area contributed by atoms with Gasteiger partial charge in [-0.1, -0.05) is 43.6 Å². The topological polar surface area (TPSA) is 69.7 Å². The maximum atomic E-state index is 13.0. The van der Waals surface area contributed by atoms with Crippen LogP contribution in [0.25, 0.3) is 0 Å². The highest BCUT2D eigenvalue weighted by molar-refractivity contribution is 7.89. The summed E-state index contributed by atoms with van der Waals surface area (Å²) in [4.78, 5) is 15.4. The molecule has 32 heavy (non-hydrogen) atoms. The highest BCUT2D eigenvalue weighted by Crippen LogP contribution is 2.22. The molecule has 3 rings (SSSR count). The van der Waals surface area contributed by atoms with Gasteiger partial charge in [-0.15, -0.1) is 0 Å². The highest BCUT2D eigenvalue weighted by Gasteiger charge is 2.26. The number of sulfonamides is 1. The third kappa shape index (κ3) is 5.90. The van der Waals surface area contributed by atoms with E-state index < -0.39 is 10.0 Å². The molecule has 1 N–H and O–H groups in total. The maximum Gasteiger partial charge on any atom is 0.251 e. The van der Waals surface area contributed by atoms with Crippen molar-refractivity contribution in [2.24, 2.45) is 0 Å². The standard InChI is InChI=1S/C24H32ClN3O3S/c1-4-28(5-2)32(30,31)23-16-20(9-6-18(23)3)24(29)26-22-12-14-27(15-13-22)17-19-7-10-21(25)11-8-19/h6-11,16,22H,4-5,12-15,17H2,1-3H3,(H,26,29). The van der Waals surface area contributed by atoms with Gasteiger partial charge in [0.05, 0.1) is 4.90 Å². The number of rotatable bonds is 8. The van der Waals surface area contributed by atoms with Crippen molar-refractivity contribution in [1.29, 1.82) is 0 Å². The summed E-state index contributed by atoms with van der Waals surface area (Å²) in [6, 6.07) is 12.9. The Morgan fingerprint density at radius 3 is 2.31 bits per heavy atom. The van der Waals surface area contributed by atoms with Crippen LogP contribution in [0.3, 0.4) is 0 Å². The second-order valence-electron chi connectivity index (χ2n) is 8.22. The molecule has 6 nitrogen and oxygen atoms in total. The summed E-state index contributed by atoms with van der Waals surface area (Å²) in [7, 11) is -3.62. The molecule has 0 radical (unpaired) electrons. The van der Waals surface area contributed by atoms with Crippen LogP contribution in [0.15, 0.2) is 47.4 Å². The fourth-order valence-electron chi connectivity index (χ4n) is 4.07. The van der Waals surface area contributed by atoms with Crippen molar-refractivity contribution >= 4 is 27.5 Å². The highest BCUT2D eigenvalue weighted by atomic mass is 35.5. The molecule has 1 amide bonds. The molecule has 0 saturated carbocycles. The molecule has 0 atom stereocenters. The number of carbonyl (C=O) groups excluding carboxylic acids is 1. The molecule has 8 heteroatoms. The number of aryl methyl sites for hydroxylation is 1. The minimum Gasteiger partial charge on any atom is -0.349 e. The van der Waals surface area contributed by atoms with Crippen LogP contribution in [-0.2, 0) is 16.6 Å².